The van der Waals surface area contributed by atoms with E-state index in [9.17, 15) is 13.2 Å². The first kappa shape index (κ1) is 25.1. The van der Waals surface area contributed by atoms with Crippen LogP contribution in [-0.4, -0.2) is 46.0 Å². The normalized spacial score (nSPS) is 17.5. The number of aromatic nitrogens is 3. The maximum absolute atomic E-state index is 13.4. The number of rotatable bonds is 5. The van der Waals surface area contributed by atoms with Crippen molar-refractivity contribution in [1.29, 1.82) is 0 Å². The van der Waals surface area contributed by atoms with Gasteiger partial charge in [0.15, 0.2) is 0 Å². The Labute approximate surface area is 219 Å². The number of nitrogens with one attached hydrogen (secondary N) is 1. The van der Waals surface area contributed by atoms with Crippen molar-refractivity contribution < 1.29 is 13.2 Å². The number of hydrogen-bond donors (Lipinski definition) is 1. The predicted molar refractivity (Wildman–Crippen MR) is 145 cm³/mol. The molecule has 1 saturated heterocycles. The van der Waals surface area contributed by atoms with Crippen LogP contribution in [-0.2, 0) is 20.2 Å². The first-order chi connectivity index (χ1) is 17.0. The number of aryl methyl sites for hydroxylation is 1. The van der Waals surface area contributed by atoms with Crippen LogP contribution in [0.1, 0.15) is 51.3 Å². The Kier molecular flexibility index (Phi) is 6.52. The van der Waals surface area contributed by atoms with Crippen molar-refractivity contribution in [3.63, 3.8) is 0 Å². The predicted octanol–water partition coefficient (Wildman–Crippen LogP) is 5.33. The van der Waals surface area contributed by atoms with Crippen LogP contribution >= 0.6 is 22.7 Å². The lowest BCUT2D eigenvalue weighted by atomic mass is 9.87. The van der Waals surface area contributed by atoms with Gasteiger partial charge in [-0.2, -0.15) is 14.1 Å². The van der Waals surface area contributed by atoms with Gasteiger partial charge in [-0.15, -0.1) is 11.3 Å². The number of amides is 1. The molecule has 8 nitrogen and oxygen atoms in total. The lowest BCUT2D eigenvalue weighted by Gasteiger charge is -2.33. The van der Waals surface area contributed by atoms with E-state index < -0.39 is 16.1 Å². The maximum Gasteiger partial charge on any atom is 0.253 e. The molecule has 4 heterocycles. The highest BCUT2D eigenvalue weighted by molar-refractivity contribution is 7.91. The molecular formula is C25H29N5O3S3. The van der Waals surface area contributed by atoms with Gasteiger partial charge >= 0.3 is 0 Å². The molecule has 1 atom stereocenters. The molecule has 0 spiro atoms. The van der Waals surface area contributed by atoms with Gasteiger partial charge in [-0.25, -0.2) is 13.4 Å². The van der Waals surface area contributed by atoms with E-state index >= 15 is 0 Å². The molecule has 36 heavy (non-hydrogen) atoms. The van der Waals surface area contributed by atoms with E-state index in [-0.39, 0.29) is 15.5 Å². The van der Waals surface area contributed by atoms with E-state index in [0.717, 1.165) is 28.8 Å². The number of piperidine rings is 1. The molecule has 1 N–H and O–H groups in total. The molecule has 1 fully saturated rings. The largest absolute Gasteiger partial charge is 0.309 e. The van der Waals surface area contributed by atoms with Crippen LogP contribution in [0.15, 0.2) is 46.0 Å². The van der Waals surface area contributed by atoms with Crippen molar-refractivity contribution in [3.05, 3.63) is 53.0 Å². The Hall–Kier alpha value is -2.60. The van der Waals surface area contributed by atoms with Crippen LogP contribution in [0.5, 0.6) is 0 Å². The molecule has 1 amide bonds. The lowest BCUT2D eigenvalue weighted by molar-refractivity contribution is -0.120. The fourth-order valence-corrected chi connectivity index (χ4v) is 8.14. The van der Waals surface area contributed by atoms with Gasteiger partial charge in [0, 0.05) is 12.6 Å². The van der Waals surface area contributed by atoms with Crippen LogP contribution in [0.3, 0.4) is 0 Å². The smallest absolute Gasteiger partial charge is 0.253 e. The van der Waals surface area contributed by atoms with E-state index in [1.54, 1.807) is 28.3 Å². The molecule has 0 radical (unpaired) electrons. The third kappa shape index (κ3) is 4.72. The average molecular weight is 544 g/mol. The number of carbonyl (C=O) groups is 1. The highest BCUT2D eigenvalue weighted by Crippen LogP contribution is 2.33. The highest BCUT2D eigenvalue weighted by Gasteiger charge is 2.38. The minimum Gasteiger partial charge on any atom is -0.309 e. The fourth-order valence-electron chi connectivity index (χ4n) is 4.39. The maximum atomic E-state index is 13.4. The number of fused-ring (bicyclic) bond motifs is 1. The fraction of sp³-hybridized carbons (Fsp3) is 0.400. The average Bonchev–Trinajstić information content (AvgIpc) is 3.58. The number of hydrogen-bond acceptors (Lipinski definition) is 7. The molecule has 0 aliphatic carbocycles. The third-order valence-corrected chi connectivity index (χ3v) is 10.6. The molecule has 1 aliphatic heterocycles. The Morgan fingerprint density at radius 3 is 2.69 bits per heavy atom. The van der Waals surface area contributed by atoms with Gasteiger partial charge in [-0.3, -0.25) is 4.79 Å². The van der Waals surface area contributed by atoms with E-state index in [1.165, 1.54) is 32.5 Å². The van der Waals surface area contributed by atoms with Crippen LogP contribution in [0.4, 0.5) is 5.82 Å². The van der Waals surface area contributed by atoms with Gasteiger partial charge in [0.05, 0.1) is 15.9 Å². The molecule has 1 aromatic carbocycles. The molecule has 11 heteroatoms. The van der Waals surface area contributed by atoms with Crippen LogP contribution in [0.2, 0.25) is 0 Å². The van der Waals surface area contributed by atoms with Crippen molar-refractivity contribution in [3.8, 4) is 5.13 Å². The summed E-state index contributed by atoms with van der Waals surface area (Å²) < 4.78 is 30.8. The molecule has 0 bridgehead atoms. The second kappa shape index (κ2) is 9.37. The number of nitrogens with zero attached hydrogens (tertiary/aromatic N) is 4. The van der Waals surface area contributed by atoms with Crippen LogP contribution in [0.25, 0.3) is 15.3 Å². The minimum atomic E-state index is -3.74. The number of thiazole rings is 1. The molecule has 1 unspecified atom stereocenters. The lowest BCUT2D eigenvalue weighted by Crippen LogP contribution is -2.49. The van der Waals surface area contributed by atoms with Crippen LogP contribution in [0, 0.1) is 6.92 Å². The SMILES string of the molecule is Cc1cc(NC(=O)C2CCCCN2S(=O)(=O)c2cccs2)n(-c2nc3ccc(C(C)(C)C)cc3s2)n1. The third-order valence-electron chi connectivity index (χ3n) is 6.32. The number of carbonyl (C=O) groups excluding carboxylic acids is 1. The zero-order chi connectivity index (χ0) is 25.7. The van der Waals surface area contributed by atoms with E-state index in [4.69, 9.17) is 4.98 Å². The number of anilines is 1. The quantitative estimate of drug-likeness (QED) is 0.367. The van der Waals surface area contributed by atoms with E-state index in [2.05, 4.69) is 43.3 Å². The molecule has 0 saturated carbocycles. The Bertz CT molecular complexity index is 1510. The molecular weight excluding hydrogens is 515 g/mol. The Morgan fingerprint density at radius 2 is 1.97 bits per heavy atom. The number of sulfonamides is 1. The Morgan fingerprint density at radius 1 is 1.17 bits per heavy atom. The van der Waals surface area contributed by atoms with E-state index in [0.29, 0.717) is 23.9 Å². The second-order valence-corrected chi connectivity index (χ2v) is 14.1. The van der Waals surface area contributed by atoms with E-state index in [1.807, 2.05) is 13.0 Å². The van der Waals surface area contributed by atoms with Gasteiger partial charge in [0.2, 0.25) is 11.0 Å². The first-order valence-electron chi connectivity index (χ1n) is 11.9. The summed E-state index contributed by atoms with van der Waals surface area (Å²) in [6.07, 6.45) is 1.99. The van der Waals surface area contributed by atoms with Gasteiger partial charge in [0.25, 0.3) is 10.0 Å². The van der Waals surface area contributed by atoms with Crippen molar-refractivity contribution in [2.75, 3.05) is 11.9 Å². The summed E-state index contributed by atoms with van der Waals surface area (Å²) in [5, 5.41) is 9.90. The summed E-state index contributed by atoms with van der Waals surface area (Å²) in [6, 6.07) is 10.6. The Balaban J connectivity index is 1.44. The minimum absolute atomic E-state index is 0.0229. The van der Waals surface area contributed by atoms with Crippen molar-refractivity contribution >= 4 is 54.6 Å². The molecule has 190 valence electrons. The number of benzene rings is 1. The second-order valence-electron chi connectivity index (χ2n) is 10.1. The summed E-state index contributed by atoms with van der Waals surface area (Å²) in [4.78, 5) is 18.2. The zero-order valence-electron chi connectivity index (χ0n) is 20.7. The van der Waals surface area contributed by atoms with Crippen molar-refractivity contribution in [1.82, 2.24) is 19.1 Å². The van der Waals surface area contributed by atoms with Gasteiger partial charge in [-0.05, 0) is 54.3 Å². The van der Waals surface area contributed by atoms with Crippen molar-refractivity contribution in [2.45, 2.75) is 62.6 Å². The summed E-state index contributed by atoms with van der Waals surface area (Å²) in [7, 11) is -3.74. The monoisotopic (exact) mass is 543 g/mol. The molecule has 4 aromatic rings. The van der Waals surface area contributed by atoms with Gasteiger partial charge in [-0.1, -0.05) is 50.7 Å². The van der Waals surface area contributed by atoms with Crippen LogP contribution < -0.4 is 5.32 Å². The van der Waals surface area contributed by atoms with Crippen molar-refractivity contribution in [2.24, 2.45) is 0 Å². The van der Waals surface area contributed by atoms with Gasteiger partial charge < -0.3 is 5.32 Å². The molecule has 5 rings (SSSR count). The number of thiophene rings is 1. The standard InChI is InChI=1S/C25H29N5O3S3/c1-16-14-21(30(28-16)24-26-18-11-10-17(25(2,3)4)15-20(18)35-24)27-23(31)19-8-5-6-12-29(19)36(32,33)22-9-7-13-34-22/h7,9-11,13-15,19H,5-6,8,12H2,1-4H3,(H,27,31). The molecule has 3 aromatic heterocycles. The summed E-state index contributed by atoms with van der Waals surface area (Å²) >= 11 is 2.67. The molecule has 1 aliphatic rings. The summed E-state index contributed by atoms with van der Waals surface area (Å²) in [6.45, 7) is 8.70. The topological polar surface area (TPSA) is 97.2 Å². The first-order valence-corrected chi connectivity index (χ1v) is 15.0. The van der Waals surface area contributed by atoms with Gasteiger partial charge in [0.1, 0.15) is 16.1 Å². The summed E-state index contributed by atoms with van der Waals surface area (Å²) in [5.74, 6) is 0.124. The zero-order valence-corrected chi connectivity index (χ0v) is 23.1. The highest BCUT2D eigenvalue weighted by atomic mass is 32.2. The summed E-state index contributed by atoms with van der Waals surface area (Å²) in [5.41, 5.74) is 2.84.